The van der Waals surface area contributed by atoms with Crippen LogP contribution in [0.3, 0.4) is 0 Å². The van der Waals surface area contributed by atoms with E-state index in [1.54, 1.807) is 7.11 Å². The molecule has 0 bridgehead atoms. The highest BCUT2D eigenvalue weighted by atomic mass is 16.5. The second-order valence-corrected chi connectivity index (χ2v) is 5.33. The average molecular weight is 278 g/mol. The molecule has 0 saturated carbocycles. The molecule has 2 N–H and O–H groups in total. The maximum Gasteiger partial charge on any atom is 0.119 e. The van der Waals surface area contributed by atoms with Gasteiger partial charge >= 0.3 is 0 Å². The van der Waals surface area contributed by atoms with Crippen molar-refractivity contribution in [3.63, 3.8) is 0 Å². The standard InChI is InChI=1S/C17H30N2O/c1-5-11-19(12-6-2)17(16(18)7-3)14-9-8-10-15(13-14)20-4/h8-10,13,16-17H,5-7,11-12,18H2,1-4H3. The van der Waals surface area contributed by atoms with Gasteiger partial charge in [-0.05, 0) is 50.0 Å². The van der Waals surface area contributed by atoms with Crippen molar-refractivity contribution >= 4 is 0 Å². The Morgan fingerprint density at radius 1 is 1.15 bits per heavy atom. The zero-order chi connectivity index (χ0) is 15.0. The molecule has 0 heterocycles. The molecule has 0 amide bonds. The molecule has 2 atom stereocenters. The van der Waals surface area contributed by atoms with Crippen molar-refractivity contribution < 1.29 is 4.74 Å². The van der Waals surface area contributed by atoms with Crippen LogP contribution in [0.15, 0.2) is 24.3 Å². The van der Waals surface area contributed by atoms with Gasteiger partial charge in [-0.1, -0.05) is 32.9 Å². The predicted octanol–water partition coefficient (Wildman–Crippen LogP) is 3.60. The maximum absolute atomic E-state index is 6.42. The lowest BCUT2D eigenvalue weighted by atomic mass is 9.95. The largest absolute Gasteiger partial charge is 0.497 e. The fraction of sp³-hybridized carbons (Fsp3) is 0.647. The lowest BCUT2D eigenvalue weighted by Gasteiger charge is -2.35. The topological polar surface area (TPSA) is 38.5 Å². The van der Waals surface area contributed by atoms with Crippen LogP contribution < -0.4 is 10.5 Å². The van der Waals surface area contributed by atoms with Gasteiger partial charge in [-0.2, -0.15) is 0 Å². The van der Waals surface area contributed by atoms with E-state index in [0.29, 0.717) is 0 Å². The summed E-state index contributed by atoms with van der Waals surface area (Å²) in [5, 5.41) is 0. The first-order valence-electron chi connectivity index (χ1n) is 7.81. The second kappa shape index (κ2) is 8.98. The van der Waals surface area contributed by atoms with Crippen molar-refractivity contribution in [3.05, 3.63) is 29.8 Å². The van der Waals surface area contributed by atoms with Gasteiger partial charge in [-0.3, -0.25) is 4.90 Å². The van der Waals surface area contributed by atoms with Gasteiger partial charge in [-0.15, -0.1) is 0 Å². The third-order valence-corrected chi connectivity index (χ3v) is 3.73. The summed E-state index contributed by atoms with van der Waals surface area (Å²) in [5.74, 6) is 0.906. The van der Waals surface area contributed by atoms with Crippen molar-refractivity contribution in [1.29, 1.82) is 0 Å². The Labute approximate surface area is 124 Å². The molecule has 2 unspecified atom stereocenters. The third-order valence-electron chi connectivity index (χ3n) is 3.73. The third kappa shape index (κ3) is 4.50. The van der Waals surface area contributed by atoms with E-state index in [4.69, 9.17) is 10.5 Å². The van der Waals surface area contributed by atoms with Crippen LogP contribution in [0.25, 0.3) is 0 Å². The highest BCUT2D eigenvalue weighted by molar-refractivity contribution is 5.31. The zero-order valence-corrected chi connectivity index (χ0v) is 13.4. The lowest BCUT2D eigenvalue weighted by molar-refractivity contribution is 0.169. The Bertz CT molecular complexity index is 375. The highest BCUT2D eigenvalue weighted by Crippen LogP contribution is 2.28. The zero-order valence-electron chi connectivity index (χ0n) is 13.4. The normalized spacial score (nSPS) is 14.3. The Hall–Kier alpha value is -1.06. The molecule has 0 fully saturated rings. The summed E-state index contributed by atoms with van der Waals surface area (Å²) in [5.41, 5.74) is 7.68. The van der Waals surface area contributed by atoms with Gasteiger partial charge in [-0.25, -0.2) is 0 Å². The van der Waals surface area contributed by atoms with Crippen LogP contribution in [0.5, 0.6) is 5.75 Å². The summed E-state index contributed by atoms with van der Waals surface area (Å²) in [6, 6.07) is 8.76. The highest BCUT2D eigenvalue weighted by Gasteiger charge is 2.25. The van der Waals surface area contributed by atoms with Gasteiger partial charge in [0.2, 0.25) is 0 Å². The molecule has 0 aliphatic carbocycles. The van der Waals surface area contributed by atoms with Crippen LogP contribution in [-0.4, -0.2) is 31.1 Å². The molecule has 0 radical (unpaired) electrons. The van der Waals surface area contributed by atoms with E-state index in [-0.39, 0.29) is 12.1 Å². The van der Waals surface area contributed by atoms with E-state index >= 15 is 0 Å². The van der Waals surface area contributed by atoms with E-state index in [0.717, 1.165) is 38.1 Å². The molecular formula is C17H30N2O. The summed E-state index contributed by atoms with van der Waals surface area (Å²) >= 11 is 0. The first kappa shape index (κ1) is 17.0. The number of nitrogens with zero attached hydrogens (tertiary/aromatic N) is 1. The molecule has 20 heavy (non-hydrogen) atoms. The number of ether oxygens (including phenoxy) is 1. The van der Waals surface area contributed by atoms with Crippen LogP contribution in [0.2, 0.25) is 0 Å². The molecule has 0 aliphatic heterocycles. The van der Waals surface area contributed by atoms with Crippen molar-refractivity contribution in [3.8, 4) is 5.75 Å². The van der Waals surface area contributed by atoms with Gasteiger partial charge in [0.25, 0.3) is 0 Å². The monoisotopic (exact) mass is 278 g/mol. The average Bonchev–Trinajstić information content (AvgIpc) is 2.48. The molecule has 0 spiro atoms. The number of nitrogens with two attached hydrogens (primary N) is 1. The summed E-state index contributed by atoms with van der Waals surface area (Å²) in [6.45, 7) is 8.78. The van der Waals surface area contributed by atoms with Crippen LogP contribution in [0.1, 0.15) is 51.6 Å². The van der Waals surface area contributed by atoms with E-state index in [1.165, 1.54) is 5.56 Å². The SMILES string of the molecule is CCCN(CCC)C(c1cccc(OC)c1)C(N)CC. The van der Waals surface area contributed by atoms with E-state index in [1.807, 2.05) is 6.07 Å². The second-order valence-electron chi connectivity index (χ2n) is 5.33. The number of rotatable bonds is 9. The minimum Gasteiger partial charge on any atom is -0.497 e. The van der Waals surface area contributed by atoms with Crippen molar-refractivity contribution in [1.82, 2.24) is 4.90 Å². The summed E-state index contributed by atoms with van der Waals surface area (Å²) in [4.78, 5) is 2.52. The molecule has 3 heteroatoms. The lowest BCUT2D eigenvalue weighted by Crippen LogP contribution is -2.41. The van der Waals surface area contributed by atoms with Crippen LogP contribution >= 0.6 is 0 Å². The minimum absolute atomic E-state index is 0.153. The minimum atomic E-state index is 0.153. The van der Waals surface area contributed by atoms with Crippen molar-refractivity contribution in [2.75, 3.05) is 20.2 Å². The van der Waals surface area contributed by atoms with E-state index < -0.39 is 0 Å². The predicted molar refractivity (Wildman–Crippen MR) is 86.2 cm³/mol. The molecule has 0 aliphatic rings. The molecular weight excluding hydrogens is 248 g/mol. The van der Waals surface area contributed by atoms with Crippen LogP contribution in [0.4, 0.5) is 0 Å². The summed E-state index contributed by atoms with van der Waals surface area (Å²) < 4.78 is 5.36. The Morgan fingerprint density at radius 2 is 1.80 bits per heavy atom. The number of benzene rings is 1. The first-order valence-corrected chi connectivity index (χ1v) is 7.81. The maximum atomic E-state index is 6.42. The van der Waals surface area contributed by atoms with Gasteiger partial charge < -0.3 is 10.5 Å². The number of methoxy groups -OCH3 is 1. The summed E-state index contributed by atoms with van der Waals surface area (Å²) in [7, 11) is 1.71. The Kier molecular flexibility index (Phi) is 7.63. The molecule has 1 rings (SSSR count). The fourth-order valence-electron chi connectivity index (χ4n) is 2.74. The van der Waals surface area contributed by atoms with Crippen LogP contribution in [0, 0.1) is 0 Å². The smallest absolute Gasteiger partial charge is 0.119 e. The molecule has 0 saturated heterocycles. The van der Waals surface area contributed by atoms with Crippen molar-refractivity contribution in [2.24, 2.45) is 5.73 Å². The van der Waals surface area contributed by atoms with E-state index in [2.05, 4.69) is 43.9 Å². The molecule has 0 aromatic heterocycles. The van der Waals surface area contributed by atoms with Gasteiger partial charge in [0.1, 0.15) is 5.75 Å². The van der Waals surface area contributed by atoms with Gasteiger partial charge in [0.05, 0.1) is 7.11 Å². The molecule has 114 valence electrons. The van der Waals surface area contributed by atoms with Crippen molar-refractivity contribution in [2.45, 2.75) is 52.1 Å². The quantitative estimate of drug-likeness (QED) is 0.750. The van der Waals surface area contributed by atoms with Crippen LogP contribution in [-0.2, 0) is 0 Å². The van der Waals surface area contributed by atoms with Gasteiger partial charge in [0.15, 0.2) is 0 Å². The molecule has 1 aromatic rings. The fourth-order valence-corrected chi connectivity index (χ4v) is 2.74. The summed E-state index contributed by atoms with van der Waals surface area (Å²) in [6.07, 6.45) is 3.28. The van der Waals surface area contributed by atoms with Gasteiger partial charge in [0, 0.05) is 12.1 Å². The Balaban J connectivity index is 3.08. The van der Waals surface area contributed by atoms with E-state index in [9.17, 15) is 0 Å². The first-order chi connectivity index (χ1) is 9.67. The number of hydrogen-bond donors (Lipinski definition) is 1. The number of hydrogen-bond acceptors (Lipinski definition) is 3. The molecule has 3 nitrogen and oxygen atoms in total. The Morgan fingerprint density at radius 3 is 2.30 bits per heavy atom. The molecule has 1 aromatic carbocycles.